The molecule has 5 heteroatoms. The van der Waals surface area contributed by atoms with Crippen molar-refractivity contribution in [1.29, 1.82) is 0 Å². The van der Waals surface area contributed by atoms with Crippen molar-refractivity contribution in [2.24, 2.45) is 5.73 Å². The van der Waals surface area contributed by atoms with E-state index in [-0.39, 0.29) is 12.2 Å². The van der Waals surface area contributed by atoms with E-state index < -0.39 is 0 Å². The van der Waals surface area contributed by atoms with E-state index in [1.54, 1.807) is 0 Å². The molecular formula is C11H18ClN3O. The Bertz CT molecular complexity index is 378. The van der Waals surface area contributed by atoms with Crippen molar-refractivity contribution >= 4 is 11.6 Å². The third-order valence-electron chi connectivity index (χ3n) is 3.13. The van der Waals surface area contributed by atoms with Crippen molar-refractivity contribution < 1.29 is 4.74 Å². The van der Waals surface area contributed by atoms with Crippen LogP contribution in [-0.4, -0.2) is 28.5 Å². The zero-order valence-electron chi connectivity index (χ0n) is 9.74. The lowest BCUT2D eigenvalue weighted by molar-refractivity contribution is 0.0382. The number of aryl methyl sites for hydroxylation is 1. The van der Waals surface area contributed by atoms with Gasteiger partial charge in [0.25, 0.3) is 0 Å². The van der Waals surface area contributed by atoms with Gasteiger partial charge in [-0.25, -0.2) is 0 Å². The molecule has 1 fully saturated rings. The van der Waals surface area contributed by atoms with Crippen LogP contribution in [0.25, 0.3) is 0 Å². The predicted molar refractivity (Wildman–Crippen MR) is 63.7 cm³/mol. The molecule has 1 aliphatic heterocycles. The molecule has 1 saturated heterocycles. The maximum Gasteiger partial charge on any atom is 0.0844 e. The fourth-order valence-electron chi connectivity index (χ4n) is 2.13. The number of ether oxygens (including phenoxy) is 1. The van der Waals surface area contributed by atoms with Crippen molar-refractivity contribution in [3.05, 3.63) is 16.4 Å². The third-order valence-corrected chi connectivity index (χ3v) is 3.68. The maximum absolute atomic E-state index is 6.10. The van der Waals surface area contributed by atoms with Crippen molar-refractivity contribution in [3.63, 3.8) is 0 Å². The molecule has 1 aromatic heterocycles. The molecule has 0 aromatic carbocycles. The van der Waals surface area contributed by atoms with Crippen LogP contribution in [0.15, 0.2) is 0 Å². The van der Waals surface area contributed by atoms with Crippen LogP contribution >= 0.6 is 11.6 Å². The van der Waals surface area contributed by atoms with Gasteiger partial charge >= 0.3 is 0 Å². The Morgan fingerprint density at radius 2 is 2.12 bits per heavy atom. The molecule has 2 atom stereocenters. The summed E-state index contributed by atoms with van der Waals surface area (Å²) in [6, 6.07) is 0. The molecule has 4 nitrogen and oxygen atoms in total. The summed E-state index contributed by atoms with van der Waals surface area (Å²) in [4.78, 5) is 0. The SMILES string of the molecule is Cc1nn(CC2CCC(CN)O2)c(C)c1Cl. The minimum atomic E-state index is 0.220. The molecule has 1 aromatic rings. The van der Waals surface area contributed by atoms with Crippen molar-refractivity contribution in [3.8, 4) is 0 Å². The Kier molecular flexibility index (Phi) is 3.52. The molecule has 0 aliphatic carbocycles. The van der Waals surface area contributed by atoms with E-state index in [4.69, 9.17) is 22.1 Å². The van der Waals surface area contributed by atoms with E-state index in [2.05, 4.69) is 5.10 Å². The first-order chi connectivity index (χ1) is 7.61. The summed E-state index contributed by atoms with van der Waals surface area (Å²) in [5.41, 5.74) is 7.47. The van der Waals surface area contributed by atoms with Crippen LogP contribution < -0.4 is 5.73 Å². The normalized spacial score (nSPS) is 25.2. The molecule has 0 bridgehead atoms. The van der Waals surface area contributed by atoms with Crippen molar-refractivity contribution in [1.82, 2.24) is 9.78 Å². The summed E-state index contributed by atoms with van der Waals surface area (Å²) in [7, 11) is 0. The van der Waals surface area contributed by atoms with E-state index in [1.807, 2.05) is 18.5 Å². The van der Waals surface area contributed by atoms with Crippen LogP contribution in [0.1, 0.15) is 24.2 Å². The number of nitrogens with zero attached hydrogens (tertiary/aromatic N) is 2. The lowest BCUT2D eigenvalue weighted by atomic mass is 10.2. The van der Waals surface area contributed by atoms with Gasteiger partial charge in [0, 0.05) is 6.54 Å². The lowest BCUT2D eigenvalue weighted by Gasteiger charge is -2.13. The third kappa shape index (κ3) is 2.24. The van der Waals surface area contributed by atoms with Gasteiger partial charge in [-0.1, -0.05) is 11.6 Å². The average Bonchev–Trinajstić information content (AvgIpc) is 2.81. The van der Waals surface area contributed by atoms with E-state index in [0.29, 0.717) is 6.54 Å². The number of halogens is 1. The summed E-state index contributed by atoms with van der Waals surface area (Å²) in [6.07, 6.45) is 2.55. The second-order valence-electron chi connectivity index (χ2n) is 4.36. The first kappa shape index (κ1) is 11.9. The van der Waals surface area contributed by atoms with Crippen molar-refractivity contribution in [2.45, 2.75) is 45.4 Å². The van der Waals surface area contributed by atoms with Gasteiger partial charge in [0.2, 0.25) is 0 Å². The van der Waals surface area contributed by atoms with Crippen LogP contribution in [0.3, 0.4) is 0 Å². The van der Waals surface area contributed by atoms with Gasteiger partial charge in [-0.05, 0) is 26.7 Å². The second-order valence-corrected chi connectivity index (χ2v) is 4.74. The quantitative estimate of drug-likeness (QED) is 0.879. The van der Waals surface area contributed by atoms with Gasteiger partial charge < -0.3 is 10.5 Å². The number of rotatable bonds is 3. The molecule has 2 unspecified atom stereocenters. The summed E-state index contributed by atoms with van der Waals surface area (Å²) < 4.78 is 7.72. The molecule has 2 rings (SSSR count). The zero-order valence-corrected chi connectivity index (χ0v) is 10.5. The van der Waals surface area contributed by atoms with E-state index in [9.17, 15) is 0 Å². The van der Waals surface area contributed by atoms with Gasteiger partial charge in [0.1, 0.15) is 0 Å². The molecule has 90 valence electrons. The minimum absolute atomic E-state index is 0.220. The highest BCUT2D eigenvalue weighted by atomic mass is 35.5. The first-order valence-corrected chi connectivity index (χ1v) is 6.04. The number of aromatic nitrogens is 2. The Labute approximate surface area is 101 Å². The summed E-state index contributed by atoms with van der Waals surface area (Å²) in [5, 5.41) is 5.16. The lowest BCUT2D eigenvalue weighted by Crippen LogP contribution is -2.23. The standard InChI is InChI=1S/C11H18ClN3O/c1-7-11(12)8(2)15(14-7)6-10-4-3-9(5-13)16-10/h9-10H,3-6,13H2,1-2H3. The number of hydrogen-bond acceptors (Lipinski definition) is 3. The molecular weight excluding hydrogens is 226 g/mol. The second kappa shape index (κ2) is 4.73. The molecule has 0 saturated carbocycles. The Hall–Kier alpha value is -0.580. The zero-order chi connectivity index (χ0) is 11.7. The highest BCUT2D eigenvalue weighted by Gasteiger charge is 2.25. The minimum Gasteiger partial charge on any atom is -0.372 e. The van der Waals surface area contributed by atoms with Crippen LogP contribution in [0.5, 0.6) is 0 Å². The fourth-order valence-corrected chi connectivity index (χ4v) is 2.27. The summed E-state index contributed by atoms with van der Waals surface area (Å²) in [6.45, 7) is 5.28. The Balaban J connectivity index is 2.02. The maximum atomic E-state index is 6.10. The van der Waals surface area contributed by atoms with Gasteiger partial charge in [0.05, 0.1) is 35.2 Å². The molecule has 2 N–H and O–H groups in total. The Morgan fingerprint density at radius 1 is 1.44 bits per heavy atom. The molecule has 0 spiro atoms. The molecule has 0 amide bonds. The number of nitrogens with two attached hydrogens (primary N) is 1. The van der Waals surface area contributed by atoms with Crippen LogP contribution in [-0.2, 0) is 11.3 Å². The van der Waals surface area contributed by atoms with E-state index in [0.717, 1.165) is 35.8 Å². The largest absolute Gasteiger partial charge is 0.372 e. The predicted octanol–water partition coefficient (Wildman–Crippen LogP) is 1.66. The highest BCUT2D eigenvalue weighted by molar-refractivity contribution is 6.31. The first-order valence-electron chi connectivity index (χ1n) is 5.67. The molecule has 16 heavy (non-hydrogen) atoms. The summed E-state index contributed by atoms with van der Waals surface area (Å²) >= 11 is 6.10. The molecule has 1 aliphatic rings. The van der Waals surface area contributed by atoms with Crippen LogP contribution in [0, 0.1) is 13.8 Å². The smallest absolute Gasteiger partial charge is 0.0844 e. The highest BCUT2D eigenvalue weighted by Crippen LogP contribution is 2.23. The molecule has 0 radical (unpaired) electrons. The summed E-state index contributed by atoms with van der Waals surface area (Å²) in [5.74, 6) is 0. The number of hydrogen-bond donors (Lipinski definition) is 1. The fraction of sp³-hybridized carbons (Fsp3) is 0.727. The van der Waals surface area contributed by atoms with E-state index >= 15 is 0 Å². The van der Waals surface area contributed by atoms with E-state index in [1.165, 1.54) is 0 Å². The van der Waals surface area contributed by atoms with Gasteiger partial charge in [0.15, 0.2) is 0 Å². The monoisotopic (exact) mass is 243 g/mol. The van der Waals surface area contributed by atoms with Crippen LogP contribution in [0.4, 0.5) is 0 Å². The van der Waals surface area contributed by atoms with Gasteiger partial charge in [-0.2, -0.15) is 5.10 Å². The molecule has 2 heterocycles. The Morgan fingerprint density at radius 3 is 2.62 bits per heavy atom. The van der Waals surface area contributed by atoms with Crippen molar-refractivity contribution in [2.75, 3.05) is 6.54 Å². The van der Waals surface area contributed by atoms with Gasteiger partial charge in [-0.3, -0.25) is 4.68 Å². The average molecular weight is 244 g/mol. The van der Waals surface area contributed by atoms with Crippen LogP contribution in [0.2, 0.25) is 5.02 Å². The topological polar surface area (TPSA) is 53.1 Å². The van der Waals surface area contributed by atoms with Gasteiger partial charge in [-0.15, -0.1) is 0 Å².